The number of alkyl halides is 3. The number of amides is 2. The van der Waals surface area contributed by atoms with E-state index in [0.717, 1.165) is 9.80 Å². The Bertz CT molecular complexity index is 594. The molecule has 1 aliphatic heterocycles. The average molecular weight is 349 g/mol. The zero-order valence-corrected chi connectivity index (χ0v) is 12.8. The van der Waals surface area contributed by atoms with E-state index in [1.165, 1.54) is 24.0 Å². The highest BCUT2D eigenvalue weighted by atomic mass is 32.2. The SMILES string of the molecule is CSc1ccc(NC(=O)N2C[C@@H](C(F)(F)F)[C@H](C(=O)O)C2)nc1. The van der Waals surface area contributed by atoms with E-state index in [0.29, 0.717) is 0 Å². The molecule has 23 heavy (non-hydrogen) atoms. The van der Waals surface area contributed by atoms with Crippen molar-refractivity contribution in [2.24, 2.45) is 11.8 Å². The monoisotopic (exact) mass is 349 g/mol. The summed E-state index contributed by atoms with van der Waals surface area (Å²) in [6.07, 6.45) is -1.30. The molecule has 2 rings (SSSR count). The molecule has 1 aliphatic rings. The number of rotatable bonds is 3. The summed E-state index contributed by atoms with van der Waals surface area (Å²) >= 11 is 1.45. The Hall–Kier alpha value is -1.97. The normalized spacial score (nSPS) is 21.3. The first kappa shape index (κ1) is 17.4. The van der Waals surface area contributed by atoms with Crippen molar-refractivity contribution in [2.45, 2.75) is 11.1 Å². The molecular formula is C13H14F3N3O3S. The van der Waals surface area contributed by atoms with E-state index in [9.17, 15) is 22.8 Å². The first-order valence-corrected chi connectivity index (χ1v) is 7.80. The molecule has 1 fully saturated rings. The summed E-state index contributed by atoms with van der Waals surface area (Å²) in [5.41, 5.74) is 0. The van der Waals surface area contributed by atoms with Crippen LogP contribution in [-0.4, -0.2) is 52.5 Å². The molecule has 1 aromatic heterocycles. The maximum absolute atomic E-state index is 12.9. The molecule has 126 valence electrons. The molecule has 1 aromatic rings. The van der Waals surface area contributed by atoms with Gasteiger partial charge in [-0.05, 0) is 18.4 Å². The van der Waals surface area contributed by atoms with Gasteiger partial charge in [-0.3, -0.25) is 10.1 Å². The summed E-state index contributed by atoms with van der Waals surface area (Å²) in [5, 5.41) is 11.3. The molecule has 0 radical (unpaired) electrons. The molecule has 1 saturated heterocycles. The number of hydrogen-bond donors (Lipinski definition) is 2. The smallest absolute Gasteiger partial charge is 0.394 e. The number of halogens is 3. The maximum atomic E-state index is 12.9. The predicted molar refractivity (Wildman–Crippen MR) is 77.3 cm³/mol. The maximum Gasteiger partial charge on any atom is 0.394 e. The van der Waals surface area contributed by atoms with E-state index in [2.05, 4.69) is 10.3 Å². The van der Waals surface area contributed by atoms with Crippen molar-refractivity contribution in [3.63, 3.8) is 0 Å². The Balaban J connectivity index is 2.06. The highest BCUT2D eigenvalue weighted by Crippen LogP contribution is 2.37. The molecule has 2 N–H and O–H groups in total. The Labute approximate surface area is 134 Å². The summed E-state index contributed by atoms with van der Waals surface area (Å²) in [6, 6.07) is 2.43. The highest BCUT2D eigenvalue weighted by Gasteiger charge is 2.53. The molecular weight excluding hydrogens is 335 g/mol. The van der Waals surface area contributed by atoms with Crippen molar-refractivity contribution in [1.29, 1.82) is 0 Å². The average Bonchev–Trinajstić information content (AvgIpc) is 2.93. The lowest BCUT2D eigenvalue weighted by atomic mass is 9.96. The number of carbonyl (C=O) groups is 2. The van der Waals surface area contributed by atoms with Crippen LogP contribution in [0.1, 0.15) is 0 Å². The molecule has 0 aliphatic carbocycles. The highest BCUT2D eigenvalue weighted by molar-refractivity contribution is 7.98. The fraction of sp³-hybridized carbons (Fsp3) is 0.462. The molecule has 0 unspecified atom stereocenters. The molecule has 0 saturated carbocycles. The number of anilines is 1. The van der Waals surface area contributed by atoms with Crippen molar-refractivity contribution in [2.75, 3.05) is 24.7 Å². The number of carbonyl (C=O) groups excluding carboxylic acids is 1. The van der Waals surface area contributed by atoms with Crippen LogP contribution in [0.2, 0.25) is 0 Å². The van der Waals surface area contributed by atoms with Crippen molar-refractivity contribution in [3.05, 3.63) is 18.3 Å². The lowest BCUT2D eigenvalue weighted by Crippen LogP contribution is -2.35. The van der Waals surface area contributed by atoms with Crippen LogP contribution in [0, 0.1) is 11.8 Å². The summed E-state index contributed by atoms with van der Waals surface area (Å²) in [4.78, 5) is 28.7. The van der Waals surface area contributed by atoms with Gasteiger partial charge in [-0.2, -0.15) is 13.2 Å². The van der Waals surface area contributed by atoms with E-state index in [4.69, 9.17) is 5.11 Å². The largest absolute Gasteiger partial charge is 0.481 e. The first-order valence-electron chi connectivity index (χ1n) is 6.58. The van der Waals surface area contributed by atoms with Crippen LogP contribution >= 0.6 is 11.8 Å². The second-order valence-corrected chi connectivity index (χ2v) is 5.89. The van der Waals surface area contributed by atoms with Crippen LogP contribution in [0.5, 0.6) is 0 Å². The van der Waals surface area contributed by atoms with Crippen LogP contribution in [-0.2, 0) is 4.79 Å². The number of thioether (sulfide) groups is 1. The first-order chi connectivity index (χ1) is 10.7. The van der Waals surface area contributed by atoms with Gasteiger partial charge in [0.1, 0.15) is 5.82 Å². The summed E-state index contributed by atoms with van der Waals surface area (Å²) < 4.78 is 38.6. The van der Waals surface area contributed by atoms with Crippen molar-refractivity contribution < 1.29 is 27.9 Å². The van der Waals surface area contributed by atoms with Crippen LogP contribution in [0.15, 0.2) is 23.2 Å². The van der Waals surface area contributed by atoms with Crippen LogP contribution in [0.25, 0.3) is 0 Å². The van der Waals surface area contributed by atoms with Gasteiger partial charge in [0, 0.05) is 24.2 Å². The van der Waals surface area contributed by atoms with E-state index in [-0.39, 0.29) is 5.82 Å². The lowest BCUT2D eigenvalue weighted by Gasteiger charge is -2.18. The Morgan fingerprint density at radius 1 is 1.39 bits per heavy atom. The number of carboxylic acid groups (broad SMARTS) is 1. The Kier molecular flexibility index (Phi) is 5.03. The molecule has 2 amide bonds. The number of urea groups is 1. The number of aromatic nitrogens is 1. The fourth-order valence-corrected chi connectivity index (χ4v) is 2.68. The summed E-state index contributed by atoms with van der Waals surface area (Å²) in [6.45, 7) is -1.18. The van der Waals surface area contributed by atoms with Gasteiger partial charge < -0.3 is 10.0 Å². The van der Waals surface area contributed by atoms with Crippen LogP contribution < -0.4 is 5.32 Å². The number of aliphatic carboxylic acids is 1. The van der Waals surface area contributed by atoms with E-state index in [1.54, 1.807) is 6.07 Å². The van der Waals surface area contributed by atoms with Gasteiger partial charge in [-0.1, -0.05) is 0 Å². The molecule has 0 aromatic carbocycles. The summed E-state index contributed by atoms with van der Waals surface area (Å²) in [5.74, 6) is -5.11. The standard InChI is InChI=1S/C13H14F3N3O3S/c1-23-7-2-3-10(17-4-7)18-12(22)19-5-8(11(20)21)9(6-19)13(14,15)16/h2-4,8-9H,5-6H2,1H3,(H,20,21)(H,17,18,22)/t8-,9-/m1/s1. The number of pyridine rings is 1. The van der Waals surface area contributed by atoms with Crippen molar-refractivity contribution in [3.8, 4) is 0 Å². The van der Waals surface area contributed by atoms with Gasteiger partial charge >= 0.3 is 18.2 Å². The Morgan fingerprint density at radius 2 is 2.09 bits per heavy atom. The topological polar surface area (TPSA) is 82.5 Å². The van der Waals surface area contributed by atoms with Gasteiger partial charge in [0.15, 0.2) is 0 Å². The van der Waals surface area contributed by atoms with Gasteiger partial charge in [0.05, 0.1) is 11.8 Å². The zero-order chi connectivity index (χ0) is 17.2. The van der Waals surface area contributed by atoms with Gasteiger partial charge in [-0.15, -0.1) is 11.8 Å². The molecule has 2 atom stereocenters. The zero-order valence-electron chi connectivity index (χ0n) is 12.0. The fourth-order valence-electron chi connectivity index (χ4n) is 2.32. The Morgan fingerprint density at radius 3 is 2.52 bits per heavy atom. The second-order valence-electron chi connectivity index (χ2n) is 5.01. The minimum absolute atomic E-state index is 0.190. The molecule has 2 heterocycles. The van der Waals surface area contributed by atoms with Gasteiger partial charge in [-0.25, -0.2) is 9.78 Å². The van der Waals surface area contributed by atoms with Crippen molar-refractivity contribution >= 4 is 29.6 Å². The van der Waals surface area contributed by atoms with Crippen LogP contribution in [0.3, 0.4) is 0 Å². The molecule has 10 heteroatoms. The minimum atomic E-state index is -4.67. The third kappa shape index (κ3) is 4.06. The van der Waals surface area contributed by atoms with Gasteiger partial charge in [0.25, 0.3) is 0 Å². The molecule has 6 nitrogen and oxygen atoms in total. The number of hydrogen-bond acceptors (Lipinski definition) is 4. The molecule has 0 bridgehead atoms. The third-order valence-electron chi connectivity index (χ3n) is 3.55. The number of nitrogens with one attached hydrogen (secondary N) is 1. The number of carboxylic acids is 1. The van der Waals surface area contributed by atoms with E-state index in [1.807, 2.05) is 6.26 Å². The minimum Gasteiger partial charge on any atom is -0.481 e. The van der Waals surface area contributed by atoms with Crippen molar-refractivity contribution in [1.82, 2.24) is 9.88 Å². The second kappa shape index (κ2) is 6.65. The molecule has 0 spiro atoms. The predicted octanol–water partition coefficient (Wildman–Crippen LogP) is 2.53. The lowest BCUT2D eigenvalue weighted by molar-refractivity contribution is -0.187. The quantitative estimate of drug-likeness (QED) is 0.820. The summed E-state index contributed by atoms with van der Waals surface area (Å²) in [7, 11) is 0. The van der Waals surface area contributed by atoms with E-state index < -0.39 is 43.1 Å². The van der Waals surface area contributed by atoms with E-state index >= 15 is 0 Å². The van der Waals surface area contributed by atoms with Crippen LogP contribution in [0.4, 0.5) is 23.8 Å². The third-order valence-corrected chi connectivity index (χ3v) is 4.26. The number of nitrogens with zero attached hydrogens (tertiary/aromatic N) is 2. The number of likely N-dealkylation sites (tertiary alicyclic amines) is 1. The van der Waals surface area contributed by atoms with Gasteiger partial charge in [0.2, 0.25) is 0 Å².